The number of aromatic nitrogens is 1. The second-order valence-electron chi connectivity index (χ2n) is 2.48. The zero-order chi connectivity index (χ0) is 8.97. The van der Waals surface area contributed by atoms with Crippen molar-refractivity contribution in [3.8, 4) is 0 Å². The van der Waals surface area contributed by atoms with E-state index in [1.807, 2.05) is 13.0 Å². The molecule has 0 radical (unpaired) electrons. The Morgan fingerprint density at radius 2 is 2.33 bits per heavy atom. The van der Waals surface area contributed by atoms with E-state index in [2.05, 4.69) is 15.3 Å². The molecule has 4 nitrogen and oxygen atoms in total. The molecule has 4 heteroatoms. The van der Waals surface area contributed by atoms with E-state index in [-0.39, 0.29) is 0 Å². The lowest BCUT2D eigenvalue weighted by Crippen LogP contribution is -2.22. The van der Waals surface area contributed by atoms with Crippen LogP contribution in [0.15, 0.2) is 23.5 Å². The minimum atomic E-state index is 0.391. The summed E-state index contributed by atoms with van der Waals surface area (Å²) in [5.41, 5.74) is 7.41. The third kappa shape index (κ3) is 2.23. The first-order valence-electron chi connectivity index (χ1n) is 3.63. The molecule has 0 saturated heterocycles. The fourth-order valence-electron chi connectivity index (χ4n) is 0.827. The Hall–Kier alpha value is -1.58. The number of nitrogens with two attached hydrogens (primary N) is 1. The normalized spacial score (nSPS) is 11.3. The highest BCUT2D eigenvalue weighted by molar-refractivity contribution is 5.91. The van der Waals surface area contributed by atoms with Gasteiger partial charge in [-0.15, -0.1) is 0 Å². The van der Waals surface area contributed by atoms with Crippen molar-refractivity contribution in [1.82, 2.24) is 4.98 Å². The third-order valence-electron chi connectivity index (χ3n) is 1.39. The van der Waals surface area contributed by atoms with Gasteiger partial charge in [-0.3, -0.25) is 9.98 Å². The molecule has 1 rings (SSSR count). The molecule has 12 heavy (non-hydrogen) atoms. The highest BCUT2D eigenvalue weighted by atomic mass is 15.1. The number of nitrogens with zero attached hydrogens (tertiary/aromatic N) is 2. The number of guanidine groups is 1. The van der Waals surface area contributed by atoms with Gasteiger partial charge in [0.1, 0.15) is 0 Å². The monoisotopic (exact) mass is 164 g/mol. The van der Waals surface area contributed by atoms with Crippen molar-refractivity contribution < 1.29 is 0 Å². The van der Waals surface area contributed by atoms with Gasteiger partial charge in [-0.05, 0) is 18.6 Å². The Kier molecular flexibility index (Phi) is 2.63. The van der Waals surface area contributed by atoms with Gasteiger partial charge in [0.25, 0.3) is 0 Å². The summed E-state index contributed by atoms with van der Waals surface area (Å²) in [4.78, 5) is 7.77. The zero-order valence-electron chi connectivity index (χ0n) is 7.20. The molecule has 0 bridgehead atoms. The van der Waals surface area contributed by atoms with Crippen LogP contribution in [0.3, 0.4) is 0 Å². The van der Waals surface area contributed by atoms with E-state index in [1.165, 1.54) is 0 Å². The molecule has 0 aliphatic carbocycles. The van der Waals surface area contributed by atoms with E-state index >= 15 is 0 Å². The summed E-state index contributed by atoms with van der Waals surface area (Å²) >= 11 is 0. The van der Waals surface area contributed by atoms with Gasteiger partial charge in [-0.25, -0.2) is 0 Å². The Morgan fingerprint density at radius 3 is 2.92 bits per heavy atom. The van der Waals surface area contributed by atoms with Gasteiger partial charge < -0.3 is 11.1 Å². The van der Waals surface area contributed by atoms with E-state index < -0.39 is 0 Å². The molecule has 64 valence electrons. The number of hydrogen-bond acceptors (Lipinski definition) is 2. The Morgan fingerprint density at radius 1 is 1.58 bits per heavy atom. The Bertz CT molecular complexity index is 293. The maximum absolute atomic E-state index is 5.47. The van der Waals surface area contributed by atoms with Crippen molar-refractivity contribution in [3.63, 3.8) is 0 Å². The Labute approximate surface area is 71.5 Å². The second kappa shape index (κ2) is 3.71. The maximum atomic E-state index is 5.47. The van der Waals surface area contributed by atoms with Gasteiger partial charge in [0.15, 0.2) is 5.96 Å². The smallest absolute Gasteiger partial charge is 0.192 e. The molecule has 0 amide bonds. The summed E-state index contributed by atoms with van der Waals surface area (Å²) in [6.45, 7) is 1.97. The first-order chi connectivity index (χ1) is 5.72. The molecule has 0 atom stereocenters. The molecule has 0 aromatic carbocycles. The quantitative estimate of drug-likeness (QED) is 0.475. The van der Waals surface area contributed by atoms with E-state index in [1.54, 1.807) is 19.4 Å². The molecule has 0 unspecified atom stereocenters. The summed E-state index contributed by atoms with van der Waals surface area (Å²) in [6, 6.07) is 1.95. The van der Waals surface area contributed by atoms with Crippen LogP contribution in [0.4, 0.5) is 5.69 Å². The molecular formula is C8H12N4. The number of pyridine rings is 1. The first-order valence-corrected chi connectivity index (χ1v) is 3.63. The van der Waals surface area contributed by atoms with Gasteiger partial charge >= 0.3 is 0 Å². The van der Waals surface area contributed by atoms with Crippen LogP contribution in [0.1, 0.15) is 5.56 Å². The van der Waals surface area contributed by atoms with Gasteiger partial charge in [0.05, 0.1) is 11.9 Å². The first kappa shape index (κ1) is 8.52. The lowest BCUT2D eigenvalue weighted by molar-refractivity contribution is 1.26. The fraction of sp³-hybridized carbons (Fsp3) is 0.250. The number of anilines is 1. The van der Waals surface area contributed by atoms with Crippen LogP contribution in [0.25, 0.3) is 0 Å². The average Bonchev–Trinajstić information content (AvgIpc) is 2.04. The van der Waals surface area contributed by atoms with Crippen LogP contribution >= 0.6 is 0 Å². The van der Waals surface area contributed by atoms with Crippen LogP contribution in [0.2, 0.25) is 0 Å². The van der Waals surface area contributed by atoms with Crippen LogP contribution in [-0.2, 0) is 0 Å². The molecule has 0 spiro atoms. The van der Waals surface area contributed by atoms with Gasteiger partial charge in [0.2, 0.25) is 0 Å². The molecule has 1 aromatic heterocycles. The number of aryl methyl sites for hydroxylation is 1. The average molecular weight is 164 g/mol. The topological polar surface area (TPSA) is 63.3 Å². The standard InChI is InChI=1S/C8H12N4/c1-6-3-7(5-11-4-6)12-8(9)10-2/h3-5H,1-2H3,(H3,9,10,12). The molecule has 0 fully saturated rings. The summed E-state index contributed by atoms with van der Waals surface area (Å²) in [5, 5.41) is 2.90. The minimum absolute atomic E-state index is 0.391. The number of hydrogen-bond donors (Lipinski definition) is 2. The highest BCUT2D eigenvalue weighted by Gasteiger charge is 1.93. The van der Waals surface area contributed by atoms with Crippen molar-refractivity contribution >= 4 is 11.6 Å². The molecule has 1 aromatic rings. The number of nitrogens with one attached hydrogen (secondary N) is 1. The molecule has 0 saturated carbocycles. The molecular weight excluding hydrogens is 152 g/mol. The van der Waals surface area contributed by atoms with Crippen LogP contribution < -0.4 is 11.1 Å². The molecule has 3 N–H and O–H groups in total. The van der Waals surface area contributed by atoms with Gasteiger partial charge in [-0.1, -0.05) is 0 Å². The van der Waals surface area contributed by atoms with Crippen molar-refractivity contribution in [1.29, 1.82) is 0 Å². The SMILES string of the molecule is CN=C(N)Nc1cncc(C)c1. The van der Waals surface area contributed by atoms with Crippen molar-refractivity contribution in [2.24, 2.45) is 10.7 Å². The lowest BCUT2D eigenvalue weighted by atomic mass is 10.3. The highest BCUT2D eigenvalue weighted by Crippen LogP contribution is 2.05. The largest absolute Gasteiger partial charge is 0.370 e. The summed E-state index contributed by atoms with van der Waals surface area (Å²) in [6.07, 6.45) is 3.48. The molecule has 1 heterocycles. The van der Waals surface area contributed by atoms with E-state index in [0.29, 0.717) is 5.96 Å². The van der Waals surface area contributed by atoms with Gasteiger partial charge in [0, 0.05) is 13.2 Å². The zero-order valence-corrected chi connectivity index (χ0v) is 7.20. The van der Waals surface area contributed by atoms with Crippen LogP contribution in [-0.4, -0.2) is 18.0 Å². The van der Waals surface area contributed by atoms with Crippen molar-refractivity contribution in [3.05, 3.63) is 24.0 Å². The van der Waals surface area contributed by atoms with E-state index in [4.69, 9.17) is 5.73 Å². The van der Waals surface area contributed by atoms with Crippen LogP contribution in [0, 0.1) is 6.92 Å². The minimum Gasteiger partial charge on any atom is -0.370 e. The number of aliphatic imine (C=N–C) groups is 1. The van der Waals surface area contributed by atoms with E-state index in [0.717, 1.165) is 11.3 Å². The van der Waals surface area contributed by atoms with Crippen molar-refractivity contribution in [2.75, 3.05) is 12.4 Å². The summed E-state index contributed by atoms with van der Waals surface area (Å²) in [5.74, 6) is 0.391. The molecule has 0 aliphatic rings. The predicted octanol–water partition coefficient (Wildman–Crippen LogP) is 0.746. The number of rotatable bonds is 1. The Balaban J connectivity index is 2.76. The fourth-order valence-corrected chi connectivity index (χ4v) is 0.827. The van der Waals surface area contributed by atoms with Gasteiger partial charge in [-0.2, -0.15) is 0 Å². The summed E-state index contributed by atoms with van der Waals surface area (Å²) < 4.78 is 0. The van der Waals surface area contributed by atoms with E-state index in [9.17, 15) is 0 Å². The van der Waals surface area contributed by atoms with Crippen LogP contribution in [0.5, 0.6) is 0 Å². The predicted molar refractivity (Wildman–Crippen MR) is 50.1 cm³/mol. The molecule has 0 aliphatic heterocycles. The maximum Gasteiger partial charge on any atom is 0.192 e. The second-order valence-corrected chi connectivity index (χ2v) is 2.48. The van der Waals surface area contributed by atoms with Crippen molar-refractivity contribution in [2.45, 2.75) is 6.92 Å². The summed E-state index contributed by atoms with van der Waals surface area (Å²) in [7, 11) is 1.63. The lowest BCUT2D eigenvalue weighted by Gasteiger charge is -2.03. The third-order valence-corrected chi connectivity index (χ3v) is 1.39.